The number of likely N-dealkylation sites (tertiary alicyclic amines) is 1. The van der Waals surface area contributed by atoms with Crippen LogP contribution in [0.25, 0.3) is 0 Å². The second-order valence-electron chi connectivity index (χ2n) is 10.7. The van der Waals surface area contributed by atoms with Crippen LogP contribution in [-0.2, 0) is 14.8 Å². The molecular formula is C30H41FN2O7S. The Labute approximate surface area is 242 Å². The Kier molecular flexibility index (Phi) is 10.5. The first-order valence-corrected chi connectivity index (χ1v) is 16.0. The third kappa shape index (κ3) is 7.13. The Bertz CT molecular complexity index is 1310. The number of unbranched alkanes of at least 4 members (excludes halogenated alkanes) is 3. The molecule has 0 bridgehead atoms. The van der Waals surface area contributed by atoms with Crippen molar-refractivity contribution in [3.8, 4) is 17.2 Å². The number of methoxy groups -OCH3 is 1. The summed E-state index contributed by atoms with van der Waals surface area (Å²) < 4.78 is 58.9. The number of carboxylic acids is 1. The van der Waals surface area contributed by atoms with E-state index in [1.165, 1.54) is 23.5 Å². The molecule has 3 atom stereocenters. The molecule has 2 aliphatic heterocycles. The predicted molar refractivity (Wildman–Crippen MR) is 153 cm³/mol. The van der Waals surface area contributed by atoms with Gasteiger partial charge in [-0.2, -0.15) is 0 Å². The molecule has 11 heteroatoms. The highest BCUT2D eigenvalue weighted by Crippen LogP contribution is 2.48. The summed E-state index contributed by atoms with van der Waals surface area (Å²) in [5, 5.41) is 10.5. The highest BCUT2D eigenvalue weighted by molar-refractivity contribution is 7.89. The van der Waals surface area contributed by atoms with E-state index in [4.69, 9.17) is 14.2 Å². The van der Waals surface area contributed by atoms with E-state index in [1.54, 1.807) is 12.1 Å². The van der Waals surface area contributed by atoms with Crippen molar-refractivity contribution < 1.29 is 36.9 Å². The van der Waals surface area contributed by atoms with E-state index in [0.29, 0.717) is 49.5 Å². The van der Waals surface area contributed by atoms with Crippen molar-refractivity contribution in [2.75, 3.05) is 45.8 Å². The van der Waals surface area contributed by atoms with Gasteiger partial charge >= 0.3 is 5.97 Å². The zero-order chi connectivity index (χ0) is 29.6. The number of hydrogen-bond donors (Lipinski definition) is 1. The Morgan fingerprint density at radius 1 is 1.05 bits per heavy atom. The Balaban J connectivity index is 1.64. The van der Waals surface area contributed by atoms with Gasteiger partial charge in [-0.15, -0.1) is 0 Å². The second kappa shape index (κ2) is 13.8. The summed E-state index contributed by atoms with van der Waals surface area (Å²) >= 11 is 0. The summed E-state index contributed by atoms with van der Waals surface area (Å²) in [6.07, 6.45) is 4.16. The molecule has 0 amide bonds. The maximum Gasteiger partial charge on any atom is 0.309 e. The predicted octanol–water partition coefficient (Wildman–Crippen LogP) is 5.03. The first-order valence-electron chi connectivity index (χ1n) is 14.4. The molecule has 2 aliphatic rings. The molecule has 41 heavy (non-hydrogen) atoms. The summed E-state index contributed by atoms with van der Waals surface area (Å²) in [6, 6.07) is 9.25. The van der Waals surface area contributed by atoms with Crippen LogP contribution in [0.1, 0.15) is 69.0 Å². The number of halogens is 1. The zero-order valence-electron chi connectivity index (χ0n) is 24.1. The van der Waals surface area contributed by atoms with Crippen molar-refractivity contribution in [3.05, 3.63) is 53.3 Å². The van der Waals surface area contributed by atoms with Crippen LogP contribution in [0, 0.1) is 11.7 Å². The molecule has 0 saturated carbocycles. The van der Waals surface area contributed by atoms with Crippen LogP contribution in [0.3, 0.4) is 0 Å². The van der Waals surface area contributed by atoms with E-state index in [-0.39, 0.29) is 24.8 Å². The SMILES string of the molecule is CCCCCCS(=O)(=O)N(CCC)CCN1CC(c2ccc3c(c2)OCO3)C(C(=O)O)C1c1ccc(OC)c(F)c1. The lowest BCUT2D eigenvalue weighted by atomic mass is 9.82. The van der Waals surface area contributed by atoms with Crippen molar-refractivity contribution >= 4 is 16.0 Å². The normalized spacial score (nSPS) is 20.6. The molecule has 3 unspecified atom stereocenters. The summed E-state index contributed by atoms with van der Waals surface area (Å²) in [5.41, 5.74) is 1.28. The molecule has 0 aliphatic carbocycles. The first kappa shape index (κ1) is 31.1. The van der Waals surface area contributed by atoms with E-state index in [1.807, 2.05) is 24.0 Å². The lowest BCUT2D eigenvalue weighted by Crippen LogP contribution is -2.40. The number of rotatable bonds is 15. The van der Waals surface area contributed by atoms with Gasteiger partial charge in [0.05, 0.1) is 18.8 Å². The summed E-state index contributed by atoms with van der Waals surface area (Å²) in [5.74, 6) is -1.62. The minimum absolute atomic E-state index is 0.0702. The van der Waals surface area contributed by atoms with E-state index in [0.717, 1.165) is 24.8 Å². The number of hydrogen-bond acceptors (Lipinski definition) is 7. The van der Waals surface area contributed by atoms with Gasteiger partial charge in [-0.1, -0.05) is 45.2 Å². The summed E-state index contributed by atoms with van der Waals surface area (Å²) in [4.78, 5) is 14.8. The maximum absolute atomic E-state index is 14.9. The third-order valence-electron chi connectivity index (χ3n) is 7.98. The number of aliphatic carboxylic acids is 1. The molecule has 1 saturated heterocycles. The van der Waals surface area contributed by atoms with Gasteiger partial charge in [-0.3, -0.25) is 9.69 Å². The minimum Gasteiger partial charge on any atom is -0.494 e. The Morgan fingerprint density at radius 3 is 2.49 bits per heavy atom. The number of carboxylic acid groups (broad SMARTS) is 1. The summed E-state index contributed by atoms with van der Waals surface area (Å²) in [7, 11) is -2.10. The summed E-state index contributed by atoms with van der Waals surface area (Å²) in [6.45, 7) is 5.39. The fraction of sp³-hybridized carbons (Fsp3) is 0.567. The van der Waals surface area contributed by atoms with E-state index >= 15 is 0 Å². The number of fused-ring (bicyclic) bond motifs is 1. The molecule has 0 aromatic heterocycles. The van der Waals surface area contributed by atoms with E-state index in [9.17, 15) is 22.7 Å². The molecule has 4 rings (SSSR count). The minimum atomic E-state index is -3.47. The smallest absolute Gasteiger partial charge is 0.309 e. The molecule has 0 spiro atoms. The Hall–Kier alpha value is -2.89. The van der Waals surface area contributed by atoms with Gasteiger partial charge in [-0.05, 0) is 48.2 Å². The molecule has 226 valence electrons. The average molecular weight is 593 g/mol. The number of benzene rings is 2. The van der Waals surface area contributed by atoms with Gasteiger partial charge in [-0.25, -0.2) is 17.1 Å². The van der Waals surface area contributed by atoms with Gasteiger partial charge < -0.3 is 19.3 Å². The van der Waals surface area contributed by atoms with E-state index < -0.39 is 39.7 Å². The van der Waals surface area contributed by atoms with Gasteiger partial charge in [0.25, 0.3) is 0 Å². The average Bonchev–Trinajstić information content (AvgIpc) is 3.57. The number of nitrogens with zero attached hydrogens (tertiary/aromatic N) is 2. The number of ether oxygens (including phenoxy) is 3. The lowest BCUT2D eigenvalue weighted by Gasteiger charge is -2.30. The van der Waals surface area contributed by atoms with Gasteiger partial charge in [0, 0.05) is 38.1 Å². The second-order valence-corrected chi connectivity index (χ2v) is 12.8. The highest BCUT2D eigenvalue weighted by Gasteiger charge is 2.48. The quantitative estimate of drug-likeness (QED) is 0.287. The molecular weight excluding hydrogens is 551 g/mol. The Morgan fingerprint density at radius 2 is 1.80 bits per heavy atom. The van der Waals surface area contributed by atoms with Crippen molar-refractivity contribution in [2.24, 2.45) is 5.92 Å². The van der Waals surface area contributed by atoms with Crippen LogP contribution < -0.4 is 14.2 Å². The highest BCUT2D eigenvalue weighted by atomic mass is 32.2. The molecule has 9 nitrogen and oxygen atoms in total. The van der Waals surface area contributed by atoms with E-state index in [2.05, 4.69) is 6.92 Å². The van der Waals surface area contributed by atoms with Crippen LogP contribution in [0.4, 0.5) is 4.39 Å². The van der Waals surface area contributed by atoms with Crippen molar-refractivity contribution in [2.45, 2.75) is 57.9 Å². The number of sulfonamides is 1. The lowest BCUT2D eigenvalue weighted by molar-refractivity contribution is -0.143. The third-order valence-corrected chi connectivity index (χ3v) is 9.94. The fourth-order valence-corrected chi connectivity index (χ4v) is 7.57. The number of carbonyl (C=O) groups is 1. The van der Waals surface area contributed by atoms with Crippen LogP contribution in [0.5, 0.6) is 17.2 Å². The molecule has 0 radical (unpaired) electrons. The zero-order valence-corrected chi connectivity index (χ0v) is 24.9. The molecule has 1 N–H and O–H groups in total. The largest absolute Gasteiger partial charge is 0.494 e. The van der Waals surface area contributed by atoms with Crippen LogP contribution in [0.2, 0.25) is 0 Å². The van der Waals surface area contributed by atoms with Crippen LogP contribution >= 0.6 is 0 Å². The van der Waals surface area contributed by atoms with Crippen molar-refractivity contribution in [1.82, 2.24) is 9.21 Å². The van der Waals surface area contributed by atoms with Crippen molar-refractivity contribution in [3.63, 3.8) is 0 Å². The molecule has 2 aromatic rings. The topological polar surface area (TPSA) is 106 Å². The first-order chi connectivity index (χ1) is 19.7. The molecule has 1 fully saturated rings. The molecule has 2 heterocycles. The monoisotopic (exact) mass is 592 g/mol. The van der Waals surface area contributed by atoms with Gasteiger partial charge in [0.2, 0.25) is 16.8 Å². The van der Waals surface area contributed by atoms with Crippen LogP contribution in [-0.4, -0.2) is 74.5 Å². The fourth-order valence-electron chi connectivity index (χ4n) is 5.93. The maximum atomic E-state index is 14.9. The van der Waals surface area contributed by atoms with Gasteiger partial charge in [0.15, 0.2) is 23.1 Å². The van der Waals surface area contributed by atoms with Gasteiger partial charge in [0.1, 0.15) is 0 Å². The van der Waals surface area contributed by atoms with Crippen LogP contribution in [0.15, 0.2) is 36.4 Å². The molecule has 2 aromatic carbocycles. The standard InChI is InChI=1S/C30H41FN2O7S/c1-4-6-7-8-16-41(36,37)33(13-5-2)15-14-32-19-23(21-9-12-26-27(18-21)40-20-39-26)28(30(34)35)29(32)22-10-11-25(38-3)24(31)17-22/h9-12,17-18,23,28-29H,4-8,13-16,19-20H2,1-3H3,(H,34,35). The van der Waals surface area contributed by atoms with Crippen molar-refractivity contribution in [1.29, 1.82) is 0 Å².